The van der Waals surface area contributed by atoms with Crippen LogP contribution >= 0.6 is 0 Å². The van der Waals surface area contributed by atoms with Crippen LogP contribution in [-0.2, 0) is 19.0 Å². The van der Waals surface area contributed by atoms with Gasteiger partial charge in [0, 0.05) is 0 Å². The number of carbonyl (C=O) groups is 1. The average Bonchev–Trinajstić information content (AvgIpc) is 2.26. The molecule has 0 amide bonds. The van der Waals surface area contributed by atoms with Crippen molar-refractivity contribution in [3.8, 4) is 0 Å². The summed E-state index contributed by atoms with van der Waals surface area (Å²) in [5.41, 5.74) is 0. The van der Waals surface area contributed by atoms with Gasteiger partial charge in [-0.2, -0.15) is 0 Å². The van der Waals surface area contributed by atoms with Gasteiger partial charge in [0.15, 0.2) is 6.10 Å². The lowest BCUT2D eigenvalue weighted by molar-refractivity contribution is 0.0881. The van der Waals surface area contributed by atoms with Gasteiger partial charge >= 0.3 is 12.6 Å². The largest absolute Gasteiger partial charge is 0.509 e. The Hall–Kier alpha value is -1.26. The van der Waals surface area contributed by atoms with Crippen LogP contribution in [0.4, 0.5) is 4.79 Å². The summed E-state index contributed by atoms with van der Waals surface area (Å²) in [6, 6.07) is 0. The van der Waals surface area contributed by atoms with Crippen LogP contribution in [0.15, 0.2) is 0 Å². The van der Waals surface area contributed by atoms with Gasteiger partial charge in [0.1, 0.15) is 12.7 Å². The first-order valence-corrected chi connectivity index (χ1v) is 3.10. The molecule has 1 aliphatic heterocycles. The van der Waals surface area contributed by atoms with Crippen LogP contribution in [0.3, 0.4) is 0 Å². The molecule has 1 heterocycles. The van der Waals surface area contributed by atoms with Crippen molar-refractivity contribution in [2.45, 2.75) is 19.1 Å². The standard InChI is InChI=1S/C6H7O5/c1-4-5(2-9-3-7)11-6(8)10-4/h4-5H,2H2,1H3. The number of hydrogen-bond acceptors (Lipinski definition) is 5. The van der Waals surface area contributed by atoms with Crippen LogP contribution in [0, 0.1) is 0 Å². The minimum atomic E-state index is -0.725. The molecule has 1 saturated heterocycles. The summed E-state index contributed by atoms with van der Waals surface area (Å²) in [4.78, 5) is 20.0. The highest BCUT2D eigenvalue weighted by Gasteiger charge is 2.33. The smallest absolute Gasteiger partial charge is 0.453 e. The van der Waals surface area contributed by atoms with Gasteiger partial charge in [-0.1, -0.05) is 0 Å². The van der Waals surface area contributed by atoms with Gasteiger partial charge in [0.05, 0.1) is 0 Å². The number of hydrogen-bond donors (Lipinski definition) is 0. The Morgan fingerprint density at radius 3 is 2.82 bits per heavy atom. The van der Waals surface area contributed by atoms with Gasteiger partial charge in [-0.05, 0) is 6.92 Å². The molecule has 1 aliphatic rings. The maximum atomic E-state index is 10.4. The fourth-order valence-corrected chi connectivity index (χ4v) is 0.761. The highest BCUT2D eigenvalue weighted by Crippen LogP contribution is 2.14. The van der Waals surface area contributed by atoms with Crippen LogP contribution in [0.25, 0.3) is 0 Å². The van der Waals surface area contributed by atoms with Crippen LogP contribution in [0.1, 0.15) is 6.92 Å². The molecule has 5 nitrogen and oxygen atoms in total. The molecule has 0 aromatic rings. The number of rotatable bonds is 3. The van der Waals surface area contributed by atoms with E-state index in [9.17, 15) is 9.59 Å². The van der Waals surface area contributed by atoms with E-state index in [0.29, 0.717) is 0 Å². The van der Waals surface area contributed by atoms with Gasteiger partial charge in [0.25, 0.3) is 0 Å². The first kappa shape index (κ1) is 7.84. The lowest BCUT2D eigenvalue weighted by atomic mass is 10.2. The second-order valence-electron chi connectivity index (χ2n) is 2.12. The number of cyclic esters (lactones) is 2. The summed E-state index contributed by atoms with van der Waals surface area (Å²) in [7, 11) is 0. The Bertz CT molecular complexity index is 166. The van der Waals surface area contributed by atoms with Crippen LogP contribution in [0.5, 0.6) is 0 Å². The summed E-state index contributed by atoms with van der Waals surface area (Å²) < 4.78 is 13.5. The molecule has 0 spiro atoms. The third-order valence-corrected chi connectivity index (χ3v) is 1.36. The molecule has 5 heteroatoms. The van der Waals surface area contributed by atoms with Crippen molar-refractivity contribution in [3.63, 3.8) is 0 Å². The molecule has 61 valence electrons. The lowest BCUT2D eigenvalue weighted by Crippen LogP contribution is -2.24. The second kappa shape index (κ2) is 3.23. The van der Waals surface area contributed by atoms with E-state index in [4.69, 9.17) is 0 Å². The maximum absolute atomic E-state index is 10.4. The predicted octanol–water partition coefficient (Wildman–Crippen LogP) is -0.00590. The van der Waals surface area contributed by atoms with Gasteiger partial charge in [-0.15, -0.1) is 0 Å². The molecule has 0 N–H and O–H groups in total. The predicted molar refractivity (Wildman–Crippen MR) is 32.5 cm³/mol. The monoisotopic (exact) mass is 159 g/mol. The zero-order valence-corrected chi connectivity index (χ0v) is 5.90. The van der Waals surface area contributed by atoms with Crippen LogP contribution in [0.2, 0.25) is 0 Å². The van der Waals surface area contributed by atoms with E-state index in [2.05, 4.69) is 14.2 Å². The molecule has 0 aliphatic carbocycles. The molecule has 11 heavy (non-hydrogen) atoms. The average molecular weight is 159 g/mol. The minimum absolute atomic E-state index is 0.00356. The Kier molecular flexibility index (Phi) is 2.30. The molecule has 1 rings (SSSR count). The van der Waals surface area contributed by atoms with E-state index in [1.54, 1.807) is 6.92 Å². The zero-order chi connectivity index (χ0) is 8.27. The summed E-state index contributed by atoms with van der Waals surface area (Å²) in [6.45, 7) is 2.89. The molecule has 0 aromatic heterocycles. The number of ether oxygens (including phenoxy) is 3. The van der Waals surface area contributed by atoms with Crippen molar-refractivity contribution in [2.24, 2.45) is 0 Å². The van der Waals surface area contributed by atoms with Crippen molar-refractivity contribution < 1.29 is 23.8 Å². The Morgan fingerprint density at radius 1 is 1.64 bits per heavy atom. The summed E-state index contributed by atoms with van der Waals surface area (Å²) in [5.74, 6) is 0. The minimum Gasteiger partial charge on any atom is -0.453 e. The van der Waals surface area contributed by atoms with E-state index >= 15 is 0 Å². The van der Waals surface area contributed by atoms with Crippen LogP contribution < -0.4 is 0 Å². The van der Waals surface area contributed by atoms with Crippen molar-refractivity contribution in [3.05, 3.63) is 0 Å². The topological polar surface area (TPSA) is 61.8 Å². The molecule has 2 atom stereocenters. The Morgan fingerprint density at radius 2 is 2.36 bits per heavy atom. The van der Waals surface area contributed by atoms with Crippen molar-refractivity contribution >= 4 is 12.6 Å². The zero-order valence-electron chi connectivity index (χ0n) is 5.90. The van der Waals surface area contributed by atoms with Gasteiger partial charge < -0.3 is 14.2 Å². The molecule has 1 fully saturated rings. The SMILES string of the molecule is CC1OC(=O)OC1CO[C]=O. The first-order chi connectivity index (χ1) is 5.24. The molecular formula is C6H7O5. The normalized spacial score (nSPS) is 29.0. The van der Waals surface area contributed by atoms with E-state index in [1.165, 1.54) is 6.47 Å². The molecule has 0 saturated carbocycles. The molecule has 2 unspecified atom stereocenters. The third kappa shape index (κ3) is 1.83. The first-order valence-electron chi connectivity index (χ1n) is 3.10. The second-order valence-corrected chi connectivity index (χ2v) is 2.12. The fourth-order valence-electron chi connectivity index (χ4n) is 0.761. The van der Waals surface area contributed by atoms with E-state index < -0.39 is 12.3 Å². The van der Waals surface area contributed by atoms with Gasteiger partial charge in [-0.25, -0.2) is 9.59 Å². The Balaban J connectivity index is 2.34. The summed E-state index contributed by atoms with van der Waals surface area (Å²) in [6.07, 6.45) is -1.59. The molecule has 0 bridgehead atoms. The quantitative estimate of drug-likeness (QED) is 0.542. The Labute approximate surface area is 63.2 Å². The lowest BCUT2D eigenvalue weighted by Gasteiger charge is -2.07. The van der Waals surface area contributed by atoms with E-state index in [-0.39, 0.29) is 12.7 Å². The van der Waals surface area contributed by atoms with Crippen molar-refractivity contribution in [1.29, 1.82) is 0 Å². The third-order valence-electron chi connectivity index (χ3n) is 1.36. The van der Waals surface area contributed by atoms with E-state index in [0.717, 1.165) is 0 Å². The maximum Gasteiger partial charge on any atom is 0.509 e. The fraction of sp³-hybridized carbons (Fsp3) is 0.667. The number of carbonyl (C=O) groups excluding carboxylic acids is 2. The van der Waals surface area contributed by atoms with E-state index in [1.807, 2.05) is 0 Å². The van der Waals surface area contributed by atoms with Crippen molar-refractivity contribution in [1.82, 2.24) is 0 Å². The highest BCUT2D eigenvalue weighted by molar-refractivity contribution is 5.62. The van der Waals surface area contributed by atoms with Crippen molar-refractivity contribution in [2.75, 3.05) is 6.61 Å². The molecular weight excluding hydrogens is 152 g/mol. The summed E-state index contributed by atoms with van der Waals surface area (Å²) >= 11 is 0. The molecule has 1 radical (unpaired) electrons. The van der Waals surface area contributed by atoms with Crippen LogP contribution in [-0.4, -0.2) is 31.4 Å². The highest BCUT2D eigenvalue weighted by atomic mass is 16.8. The van der Waals surface area contributed by atoms with Gasteiger partial charge in [-0.3, -0.25) is 0 Å². The molecule has 0 aromatic carbocycles. The summed E-state index contributed by atoms with van der Waals surface area (Å²) in [5, 5.41) is 0. The van der Waals surface area contributed by atoms with Gasteiger partial charge in [0.2, 0.25) is 0 Å².